The Kier molecular flexibility index (Phi) is 3.01. The van der Waals surface area contributed by atoms with Gasteiger partial charge in [-0.15, -0.1) is 0 Å². The van der Waals surface area contributed by atoms with Crippen molar-refractivity contribution in [2.75, 3.05) is 0 Å². The Morgan fingerprint density at radius 1 is 1.24 bits per heavy atom. The standard InChI is InChI=1S/C15H14N2O4/c1-8(18)17-13-12(7-16-17)15(21-9(2)19)11-6-4-3-5-10(11)14(13)20/h3-7,12-13,20H,1-2H3/t12-,13+/m1/s1. The molecule has 0 spiro atoms. The van der Waals surface area contributed by atoms with Crippen LogP contribution in [0.5, 0.6) is 0 Å². The van der Waals surface area contributed by atoms with Crippen molar-refractivity contribution in [2.24, 2.45) is 11.0 Å². The van der Waals surface area contributed by atoms with Gasteiger partial charge in [0.2, 0.25) is 5.91 Å². The Balaban J connectivity index is 2.28. The number of aliphatic hydroxyl groups excluding tert-OH is 1. The molecule has 21 heavy (non-hydrogen) atoms. The summed E-state index contributed by atoms with van der Waals surface area (Å²) in [7, 11) is 0. The molecule has 0 radical (unpaired) electrons. The minimum atomic E-state index is -0.660. The van der Waals surface area contributed by atoms with Gasteiger partial charge in [-0.1, -0.05) is 24.3 Å². The fraction of sp³-hybridized carbons (Fsp3) is 0.267. The summed E-state index contributed by atoms with van der Waals surface area (Å²) in [6.07, 6.45) is 1.52. The summed E-state index contributed by atoms with van der Waals surface area (Å²) in [6, 6.07) is 6.40. The van der Waals surface area contributed by atoms with Gasteiger partial charge >= 0.3 is 5.97 Å². The Morgan fingerprint density at radius 3 is 2.52 bits per heavy atom. The van der Waals surface area contributed by atoms with E-state index in [-0.39, 0.29) is 11.7 Å². The number of carbonyl (C=O) groups is 2. The molecule has 6 nitrogen and oxygen atoms in total. The number of carbonyl (C=O) groups excluding carboxylic acids is 2. The molecule has 3 rings (SSSR count). The number of aliphatic hydroxyl groups is 1. The van der Waals surface area contributed by atoms with E-state index in [1.165, 1.54) is 25.1 Å². The zero-order chi connectivity index (χ0) is 15.1. The van der Waals surface area contributed by atoms with Gasteiger partial charge in [0.05, 0.1) is 5.92 Å². The van der Waals surface area contributed by atoms with Crippen LogP contribution in [0.3, 0.4) is 0 Å². The first-order valence-corrected chi connectivity index (χ1v) is 6.55. The van der Waals surface area contributed by atoms with Crippen molar-refractivity contribution in [2.45, 2.75) is 19.9 Å². The topological polar surface area (TPSA) is 79.2 Å². The Bertz CT molecular complexity index is 781. The van der Waals surface area contributed by atoms with Gasteiger partial charge < -0.3 is 9.84 Å². The number of hydrazone groups is 1. The number of esters is 1. The van der Waals surface area contributed by atoms with Crippen LogP contribution in [0.25, 0.3) is 11.5 Å². The molecule has 6 heteroatoms. The average Bonchev–Trinajstić information content (AvgIpc) is 2.88. The molecule has 1 N–H and O–H groups in total. The second-order valence-corrected chi connectivity index (χ2v) is 4.99. The minimum Gasteiger partial charge on any atom is -0.509 e. The zero-order valence-electron chi connectivity index (χ0n) is 11.6. The summed E-state index contributed by atoms with van der Waals surface area (Å²) in [5.74, 6) is -0.734. The van der Waals surface area contributed by atoms with E-state index in [9.17, 15) is 14.7 Å². The third-order valence-corrected chi connectivity index (χ3v) is 3.58. The number of fused-ring (bicyclic) bond motifs is 2. The first kappa shape index (κ1) is 13.4. The highest BCUT2D eigenvalue weighted by Gasteiger charge is 2.42. The van der Waals surface area contributed by atoms with E-state index in [1.54, 1.807) is 24.3 Å². The molecule has 1 aromatic carbocycles. The van der Waals surface area contributed by atoms with Crippen LogP contribution in [0.15, 0.2) is 29.4 Å². The molecule has 1 aliphatic carbocycles. The lowest BCUT2D eigenvalue weighted by atomic mass is 9.90. The first-order valence-electron chi connectivity index (χ1n) is 6.55. The van der Waals surface area contributed by atoms with E-state index in [4.69, 9.17) is 4.74 Å². The van der Waals surface area contributed by atoms with Crippen molar-refractivity contribution in [3.8, 4) is 0 Å². The minimum absolute atomic E-state index is 0.0548. The van der Waals surface area contributed by atoms with E-state index in [0.717, 1.165) is 0 Å². The van der Waals surface area contributed by atoms with Crippen molar-refractivity contribution in [3.05, 3.63) is 34.7 Å². The molecule has 0 saturated carbocycles. The molecule has 0 aromatic heterocycles. The van der Waals surface area contributed by atoms with E-state index in [2.05, 4.69) is 5.10 Å². The fourth-order valence-electron chi connectivity index (χ4n) is 2.76. The van der Waals surface area contributed by atoms with Gasteiger partial charge in [0.15, 0.2) is 0 Å². The average molecular weight is 286 g/mol. The molecule has 1 aromatic rings. The van der Waals surface area contributed by atoms with E-state index < -0.39 is 17.9 Å². The van der Waals surface area contributed by atoms with Gasteiger partial charge in [-0.25, -0.2) is 5.01 Å². The van der Waals surface area contributed by atoms with Crippen molar-refractivity contribution in [1.29, 1.82) is 0 Å². The maximum Gasteiger partial charge on any atom is 0.307 e. The second-order valence-electron chi connectivity index (χ2n) is 4.99. The molecule has 1 aliphatic heterocycles. The van der Waals surface area contributed by atoms with Gasteiger partial charge in [-0.3, -0.25) is 9.59 Å². The third kappa shape index (κ3) is 1.99. The summed E-state index contributed by atoms with van der Waals surface area (Å²) < 4.78 is 5.33. The number of benzene rings is 1. The number of nitrogens with zero attached hydrogens (tertiary/aromatic N) is 2. The van der Waals surface area contributed by atoms with Gasteiger partial charge in [0.25, 0.3) is 0 Å². The van der Waals surface area contributed by atoms with E-state index in [1.807, 2.05) is 0 Å². The fourth-order valence-corrected chi connectivity index (χ4v) is 2.76. The SMILES string of the molecule is CC(=O)OC1=c2ccccc2=C(O)[C@@H]2[C@H]1C=NN2C(C)=O. The maximum atomic E-state index is 11.7. The summed E-state index contributed by atoms with van der Waals surface area (Å²) in [5.41, 5.74) is 0. The van der Waals surface area contributed by atoms with Crippen LogP contribution < -0.4 is 10.4 Å². The van der Waals surface area contributed by atoms with Crippen LogP contribution in [0.4, 0.5) is 0 Å². The number of amides is 1. The van der Waals surface area contributed by atoms with Crippen LogP contribution in [-0.2, 0) is 14.3 Å². The van der Waals surface area contributed by atoms with Crippen LogP contribution in [0.1, 0.15) is 13.8 Å². The molecule has 0 fully saturated rings. The van der Waals surface area contributed by atoms with Gasteiger partial charge in [0.1, 0.15) is 17.6 Å². The monoisotopic (exact) mass is 286 g/mol. The second kappa shape index (κ2) is 4.73. The number of rotatable bonds is 1. The lowest BCUT2D eigenvalue weighted by molar-refractivity contribution is -0.134. The van der Waals surface area contributed by atoms with E-state index >= 15 is 0 Å². The largest absolute Gasteiger partial charge is 0.509 e. The zero-order valence-corrected chi connectivity index (χ0v) is 11.6. The normalized spacial score (nSPS) is 22.9. The summed E-state index contributed by atoms with van der Waals surface area (Å²) in [5, 5.41) is 16.9. The van der Waals surface area contributed by atoms with Crippen molar-refractivity contribution in [1.82, 2.24) is 5.01 Å². The Labute approximate surface area is 120 Å². The molecule has 0 bridgehead atoms. The molecule has 2 aliphatic rings. The van der Waals surface area contributed by atoms with E-state index in [0.29, 0.717) is 16.2 Å². The van der Waals surface area contributed by atoms with Gasteiger partial charge in [-0.2, -0.15) is 5.10 Å². The quantitative estimate of drug-likeness (QED) is 0.729. The van der Waals surface area contributed by atoms with Gasteiger partial charge in [-0.05, 0) is 0 Å². The highest BCUT2D eigenvalue weighted by Crippen LogP contribution is 2.31. The van der Waals surface area contributed by atoms with Crippen LogP contribution in [0, 0.1) is 5.92 Å². The third-order valence-electron chi connectivity index (χ3n) is 3.58. The van der Waals surface area contributed by atoms with Crippen molar-refractivity contribution < 1.29 is 19.4 Å². The van der Waals surface area contributed by atoms with Crippen LogP contribution in [-0.4, -0.2) is 34.2 Å². The van der Waals surface area contributed by atoms with Crippen molar-refractivity contribution >= 4 is 29.6 Å². The first-order chi connectivity index (χ1) is 10.0. The Hall–Kier alpha value is -2.63. The van der Waals surface area contributed by atoms with Gasteiger partial charge in [0, 0.05) is 30.5 Å². The molecular formula is C15H14N2O4. The summed E-state index contributed by atoms with van der Waals surface area (Å²) in [4.78, 5) is 23.0. The lowest BCUT2D eigenvalue weighted by Crippen LogP contribution is -2.48. The molecule has 1 heterocycles. The lowest BCUT2D eigenvalue weighted by Gasteiger charge is -2.28. The summed E-state index contributed by atoms with van der Waals surface area (Å²) in [6.45, 7) is 2.69. The smallest absolute Gasteiger partial charge is 0.307 e. The predicted molar refractivity (Wildman–Crippen MR) is 75.2 cm³/mol. The molecule has 0 unspecified atom stereocenters. The molecule has 1 amide bonds. The predicted octanol–water partition coefficient (Wildman–Crippen LogP) is -0.130. The summed E-state index contributed by atoms with van der Waals surface area (Å²) >= 11 is 0. The maximum absolute atomic E-state index is 11.7. The molecule has 2 atom stereocenters. The Morgan fingerprint density at radius 2 is 1.90 bits per heavy atom. The highest BCUT2D eigenvalue weighted by atomic mass is 16.5. The van der Waals surface area contributed by atoms with Crippen molar-refractivity contribution in [3.63, 3.8) is 0 Å². The molecule has 0 saturated heterocycles. The van der Waals surface area contributed by atoms with Crippen LogP contribution in [0.2, 0.25) is 0 Å². The number of hydrogen-bond acceptors (Lipinski definition) is 5. The number of ether oxygens (including phenoxy) is 1. The molecular weight excluding hydrogens is 272 g/mol. The molecule has 108 valence electrons. The van der Waals surface area contributed by atoms with Crippen LogP contribution >= 0.6 is 0 Å². The number of hydrogen-bond donors (Lipinski definition) is 1. The highest BCUT2D eigenvalue weighted by molar-refractivity contribution is 5.88.